The van der Waals surface area contributed by atoms with E-state index in [0.29, 0.717) is 53.8 Å². The lowest BCUT2D eigenvalue weighted by Gasteiger charge is -2.64. The number of hydrogen-bond donors (Lipinski definition) is 3. The van der Waals surface area contributed by atoms with E-state index in [0.717, 1.165) is 38.5 Å². The second kappa shape index (κ2) is 10.2. The monoisotopic (exact) mass is 516 g/mol. The Morgan fingerprint density at radius 2 is 1.81 bits per heavy atom. The summed E-state index contributed by atoms with van der Waals surface area (Å²) in [5.41, 5.74) is 0.509. The molecule has 8 heteroatoms. The zero-order chi connectivity index (χ0) is 26.5. The molecule has 4 aliphatic carbocycles. The van der Waals surface area contributed by atoms with E-state index in [9.17, 15) is 15.0 Å². The first-order valence-electron chi connectivity index (χ1n) is 14.9. The molecular formula is C29H48N4O4. The third-order valence-electron chi connectivity index (χ3n) is 12.1. The average molecular weight is 517 g/mol. The summed E-state index contributed by atoms with van der Waals surface area (Å²) in [5.74, 6) is 3.01. The molecule has 1 aromatic rings. The number of tetrazole rings is 1. The van der Waals surface area contributed by atoms with Gasteiger partial charge in [0.1, 0.15) is 6.42 Å². The van der Waals surface area contributed by atoms with Crippen molar-refractivity contribution in [2.24, 2.45) is 52.3 Å². The van der Waals surface area contributed by atoms with Crippen LogP contribution >= 0.6 is 0 Å². The Balaban J connectivity index is 1.28. The minimum atomic E-state index is -0.912. The van der Waals surface area contributed by atoms with Crippen LogP contribution in [0.2, 0.25) is 0 Å². The number of aliphatic carboxylic acids is 1. The summed E-state index contributed by atoms with van der Waals surface area (Å²) in [7, 11) is 0. The summed E-state index contributed by atoms with van der Waals surface area (Å²) in [6.07, 6.45) is 10.2. The number of carbonyl (C=O) groups is 1. The average Bonchev–Trinajstić information content (AvgIpc) is 3.43. The first-order valence-corrected chi connectivity index (χ1v) is 14.9. The van der Waals surface area contributed by atoms with E-state index >= 15 is 0 Å². The highest BCUT2D eigenvalue weighted by Gasteiger charge is 2.64. The van der Waals surface area contributed by atoms with Crippen molar-refractivity contribution < 1.29 is 20.1 Å². The molecule has 4 saturated carbocycles. The van der Waals surface area contributed by atoms with Gasteiger partial charge in [-0.25, -0.2) is 4.68 Å². The molecule has 5 rings (SSSR count). The highest BCUT2D eigenvalue weighted by Crippen LogP contribution is 2.69. The Labute approximate surface area is 221 Å². The molecule has 1 unspecified atom stereocenters. The van der Waals surface area contributed by atoms with E-state index in [1.54, 1.807) is 4.68 Å². The lowest BCUT2D eigenvalue weighted by atomic mass is 9.41. The molecule has 11 atom stereocenters. The number of carboxylic acids is 1. The smallest absolute Gasteiger partial charge is 0.311 e. The Bertz CT molecular complexity index is 969. The molecular weight excluding hydrogens is 468 g/mol. The summed E-state index contributed by atoms with van der Waals surface area (Å²) in [6, 6.07) is 0. The van der Waals surface area contributed by atoms with Gasteiger partial charge in [-0.3, -0.25) is 4.79 Å². The lowest BCUT2D eigenvalue weighted by molar-refractivity contribution is -0.203. The molecule has 1 aromatic heterocycles. The van der Waals surface area contributed by atoms with Crippen molar-refractivity contribution in [3.05, 3.63) is 5.82 Å². The summed E-state index contributed by atoms with van der Waals surface area (Å²) < 4.78 is 1.65. The molecule has 1 heterocycles. The fourth-order valence-corrected chi connectivity index (χ4v) is 10.4. The Hall–Kier alpha value is -1.54. The van der Waals surface area contributed by atoms with Crippen molar-refractivity contribution in [2.45, 2.75) is 117 Å². The molecule has 0 saturated heterocycles. The minimum absolute atomic E-state index is 0.146. The maximum Gasteiger partial charge on any atom is 0.311 e. The van der Waals surface area contributed by atoms with Crippen LogP contribution < -0.4 is 0 Å². The maximum atomic E-state index is 11.9. The van der Waals surface area contributed by atoms with Crippen LogP contribution in [0.15, 0.2) is 0 Å². The summed E-state index contributed by atoms with van der Waals surface area (Å²) in [5, 5.41) is 43.0. The summed E-state index contributed by atoms with van der Waals surface area (Å²) in [4.78, 5) is 11.1. The van der Waals surface area contributed by atoms with E-state index in [4.69, 9.17) is 5.11 Å². The van der Waals surface area contributed by atoms with Crippen LogP contribution in [0.4, 0.5) is 0 Å². The number of fused-ring (bicyclic) bond motifs is 5. The number of aliphatic hydroxyl groups is 2. The molecule has 0 aromatic carbocycles. The quantitative estimate of drug-likeness (QED) is 0.470. The zero-order valence-electron chi connectivity index (χ0n) is 23.2. The third kappa shape index (κ3) is 4.54. The number of hydrogen-bond acceptors (Lipinski definition) is 6. The number of nitrogens with zero attached hydrogens (tertiary/aromatic N) is 4. The third-order valence-corrected chi connectivity index (χ3v) is 12.1. The summed E-state index contributed by atoms with van der Waals surface area (Å²) >= 11 is 0. The number of aliphatic hydroxyl groups excluding tert-OH is 2. The molecule has 37 heavy (non-hydrogen) atoms. The Morgan fingerprint density at radius 1 is 1.08 bits per heavy atom. The van der Waals surface area contributed by atoms with Crippen molar-refractivity contribution in [3.8, 4) is 0 Å². The summed E-state index contributed by atoms with van der Waals surface area (Å²) in [6.45, 7) is 10.3. The van der Waals surface area contributed by atoms with E-state index in [-0.39, 0.29) is 29.5 Å². The fourth-order valence-electron chi connectivity index (χ4n) is 10.4. The second-order valence-corrected chi connectivity index (χ2v) is 13.6. The molecule has 0 radical (unpaired) electrons. The molecule has 0 spiro atoms. The molecule has 8 nitrogen and oxygen atoms in total. The predicted octanol–water partition coefficient (Wildman–Crippen LogP) is 4.34. The first kappa shape index (κ1) is 27.0. The van der Waals surface area contributed by atoms with Gasteiger partial charge in [0.2, 0.25) is 0 Å². The molecule has 0 bridgehead atoms. The van der Waals surface area contributed by atoms with Crippen molar-refractivity contribution in [2.75, 3.05) is 0 Å². The minimum Gasteiger partial charge on any atom is -0.481 e. The second-order valence-electron chi connectivity index (χ2n) is 13.6. The van der Waals surface area contributed by atoms with Gasteiger partial charge in [-0.2, -0.15) is 0 Å². The Morgan fingerprint density at radius 3 is 2.54 bits per heavy atom. The topological polar surface area (TPSA) is 121 Å². The van der Waals surface area contributed by atoms with Crippen molar-refractivity contribution in [1.29, 1.82) is 0 Å². The number of aryl methyl sites for hydroxylation is 1. The van der Waals surface area contributed by atoms with Gasteiger partial charge in [0, 0.05) is 6.54 Å². The van der Waals surface area contributed by atoms with Crippen LogP contribution in [0, 0.1) is 52.3 Å². The Kier molecular flexibility index (Phi) is 7.47. The van der Waals surface area contributed by atoms with Crippen LogP contribution in [0.3, 0.4) is 0 Å². The molecule has 208 valence electrons. The van der Waals surface area contributed by atoms with Gasteiger partial charge in [0.25, 0.3) is 0 Å². The van der Waals surface area contributed by atoms with Crippen molar-refractivity contribution in [1.82, 2.24) is 20.2 Å². The van der Waals surface area contributed by atoms with Gasteiger partial charge in [-0.1, -0.05) is 34.1 Å². The van der Waals surface area contributed by atoms with E-state index < -0.39 is 5.97 Å². The number of carboxylic acid groups (broad SMARTS) is 1. The van der Waals surface area contributed by atoms with Crippen molar-refractivity contribution in [3.63, 3.8) is 0 Å². The molecule has 0 aliphatic heterocycles. The maximum absolute atomic E-state index is 11.9. The van der Waals surface area contributed by atoms with Gasteiger partial charge in [0.15, 0.2) is 5.82 Å². The van der Waals surface area contributed by atoms with Crippen LogP contribution in [0.25, 0.3) is 0 Å². The largest absolute Gasteiger partial charge is 0.481 e. The lowest BCUT2D eigenvalue weighted by Crippen LogP contribution is -2.62. The van der Waals surface area contributed by atoms with Crippen LogP contribution in [-0.4, -0.2) is 53.7 Å². The van der Waals surface area contributed by atoms with Gasteiger partial charge >= 0.3 is 5.97 Å². The number of rotatable bonds is 8. The van der Waals surface area contributed by atoms with E-state index in [1.165, 1.54) is 25.7 Å². The highest BCUT2D eigenvalue weighted by molar-refractivity contribution is 5.68. The van der Waals surface area contributed by atoms with Crippen LogP contribution in [0.5, 0.6) is 0 Å². The zero-order valence-corrected chi connectivity index (χ0v) is 23.2. The van der Waals surface area contributed by atoms with Crippen molar-refractivity contribution >= 4 is 5.97 Å². The predicted molar refractivity (Wildman–Crippen MR) is 139 cm³/mol. The molecule has 3 N–H and O–H groups in total. The van der Waals surface area contributed by atoms with E-state index in [1.807, 2.05) is 0 Å². The van der Waals surface area contributed by atoms with Crippen LogP contribution in [-0.2, 0) is 17.8 Å². The van der Waals surface area contributed by atoms with Gasteiger partial charge < -0.3 is 15.3 Å². The number of aromatic nitrogens is 4. The SMILES string of the molecule is CC[C@@H]1C2C[C@H](O)CC[C@]2(C)[C@H]2CC[C@]3(C)[C@@H]([C@H](C)CCCn4nnnc4CC(=O)O)CC[C@H]3[C@@H]2[C@@H]1O. The molecule has 4 aliphatic rings. The molecule has 4 fully saturated rings. The van der Waals surface area contributed by atoms with Gasteiger partial charge in [-0.05, 0) is 120 Å². The first-order chi connectivity index (χ1) is 17.6. The van der Waals surface area contributed by atoms with Gasteiger partial charge in [-0.15, -0.1) is 5.10 Å². The standard InChI is InChI=1S/C29H48N4O4/c1-5-19-23-15-18(34)10-12-29(23,4)22-11-13-28(3)20(8-9-21(28)26(22)27(19)37)17(2)7-6-14-33-24(16-25(35)36)30-31-32-33/h17-23,26-27,34,37H,5-16H2,1-4H3,(H,35,36)/t17-,18-,19-,20-,21+,22+,23?,26+,27-,28-,29-/m1/s1. The normalized spacial score (nSPS) is 44.1. The van der Waals surface area contributed by atoms with Crippen LogP contribution in [0.1, 0.15) is 97.7 Å². The molecule has 0 amide bonds. The van der Waals surface area contributed by atoms with Gasteiger partial charge in [0.05, 0.1) is 12.2 Å². The fraction of sp³-hybridized carbons (Fsp3) is 0.931. The van der Waals surface area contributed by atoms with E-state index in [2.05, 4.69) is 43.2 Å². The highest BCUT2D eigenvalue weighted by atomic mass is 16.4.